The first-order valence-electron chi connectivity index (χ1n) is 12.4. The van der Waals surface area contributed by atoms with E-state index in [0.717, 1.165) is 22.0 Å². The second kappa shape index (κ2) is 7.74. The summed E-state index contributed by atoms with van der Waals surface area (Å²) in [5.74, 6) is 0. The Bertz CT molecular complexity index is 2100. The molecule has 0 aliphatic heterocycles. The summed E-state index contributed by atoms with van der Waals surface area (Å²) in [5.41, 5.74) is 7.00. The van der Waals surface area contributed by atoms with Crippen molar-refractivity contribution in [2.24, 2.45) is 0 Å². The molecule has 8 rings (SSSR count). The minimum atomic E-state index is 0.566. The van der Waals surface area contributed by atoms with Crippen LogP contribution in [0.4, 0.5) is 0 Å². The number of furan rings is 1. The third-order valence-electron chi connectivity index (χ3n) is 7.36. The maximum absolute atomic E-state index is 5.96. The minimum absolute atomic E-state index is 0.566. The monoisotopic (exact) mass is 472 g/mol. The van der Waals surface area contributed by atoms with E-state index in [1.165, 1.54) is 49.0 Å². The van der Waals surface area contributed by atoms with Gasteiger partial charge >= 0.3 is 0 Å². The van der Waals surface area contributed by atoms with Gasteiger partial charge in [-0.15, -0.1) is 0 Å². The van der Waals surface area contributed by atoms with Crippen molar-refractivity contribution in [2.45, 2.75) is 0 Å². The number of nitrogens with zero attached hydrogens (tertiary/aromatic N) is 2. The van der Waals surface area contributed by atoms with E-state index in [4.69, 9.17) is 4.42 Å². The van der Waals surface area contributed by atoms with Gasteiger partial charge in [0, 0.05) is 17.8 Å². The molecule has 0 saturated heterocycles. The molecule has 0 N–H and O–H groups in total. The SMILES string of the molecule is c1ccc2cc(-c3c4ccccc4c(-c4ccc5oc6nccnc6c5c4)c4ccccc34)ccc2c1. The van der Waals surface area contributed by atoms with Crippen molar-refractivity contribution in [2.75, 3.05) is 0 Å². The average molecular weight is 473 g/mol. The van der Waals surface area contributed by atoms with Gasteiger partial charge in [0.05, 0.1) is 0 Å². The van der Waals surface area contributed by atoms with E-state index in [2.05, 4.69) is 113 Å². The number of hydrogen-bond acceptors (Lipinski definition) is 3. The maximum Gasteiger partial charge on any atom is 0.246 e. The molecule has 6 aromatic carbocycles. The van der Waals surface area contributed by atoms with Gasteiger partial charge in [-0.1, -0.05) is 91.0 Å². The van der Waals surface area contributed by atoms with Gasteiger partial charge in [0.1, 0.15) is 11.1 Å². The molecule has 0 aliphatic carbocycles. The first-order valence-corrected chi connectivity index (χ1v) is 12.4. The van der Waals surface area contributed by atoms with Crippen LogP contribution in [0.15, 0.2) is 126 Å². The Morgan fingerprint density at radius 2 is 1.03 bits per heavy atom. The maximum atomic E-state index is 5.96. The minimum Gasteiger partial charge on any atom is -0.436 e. The highest BCUT2D eigenvalue weighted by Gasteiger charge is 2.18. The van der Waals surface area contributed by atoms with Gasteiger partial charge in [-0.25, -0.2) is 9.97 Å². The third-order valence-corrected chi connectivity index (χ3v) is 7.36. The van der Waals surface area contributed by atoms with Crippen LogP contribution in [0.1, 0.15) is 0 Å². The highest BCUT2D eigenvalue weighted by molar-refractivity contribution is 6.22. The zero-order valence-electron chi connectivity index (χ0n) is 19.8. The van der Waals surface area contributed by atoms with Gasteiger partial charge in [-0.3, -0.25) is 0 Å². The van der Waals surface area contributed by atoms with Gasteiger partial charge in [0.15, 0.2) is 0 Å². The summed E-state index contributed by atoms with van der Waals surface area (Å²) in [6.07, 6.45) is 3.38. The Hall–Kier alpha value is -5.02. The number of fused-ring (bicyclic) bond motifs is 6. The van der Waals surface area contributed by atoms with Crippen molar-refractivity contribution in [3.05, 3.63) is 122 Å². The Morgan fingerprint density at radius 3 is 1.73 bits per heavy atom. The predicted molar refractivity (Wildman–Crippen MR) is 153 cm³/mol. The largest absolute Gasteiger partial charge is 0.436 e. The predicted octanol–water partition coefficient (Wildman–Crippen LogP) is 9.17. The standard InChI is InChI=1S/C34H20N2O/c1-2-8-22-19-23(14-13-21(22)7-1)31-25-9-3-5-11-27(25)32(28-12-6-4-10-26(28)31)24-15-16-30-29(20-24)33-34(37-30)36-18-17-35-33/h1-20H. The first-order chi connectivity index (χ1) is 18.3. The van der Waals surface area contributed by atoms with Gasteiger partial charge in [0.25, 0.3) is 0 Å². The van der Waals surface area contributed by atoms with Crippen molar-refractivity contribution >= 4 is 54.5 Å². The van der Waals surface area contributed by atoms with E-state index in [0.29, 0.717) is 5.71 Å². The fraction of sp³-hybridized carbons (Fsp3) is 0. The van der Waals surface area contributed by atoms with Gasteiger partial charge in [0.2, 0.25) is 5.71 Å². The molecular formula is C34H20N2O. The molecule has 0 bridgehead atoms. The van der Waals surface area contributed by atoms with Crippen LogP contribution in [0, 0.1) is 0 Å². The lowest BCUT2D eigenvalue weighted by molar-refractivity contribution is 0.653. The quantitative estimate of drug-likeness (QED) is 0.235. The highest BCUT2D eigenvalue weighted by Crippen LogP contribution is 2.44. The fourth-order valence-electron chi connectivity index (χ4n) is 5.74. The highest BCUT2D eigenvalue weighted by atomic mass is 16.3. The second-order valence-electron chi connectivity index (χ2n) is 9.43. The molecule has 3 heteroatoms. The Balaban J connectivity index is 1.48. The molecule has 2 aromatic heterocycles. The molecule has 0 spiro atoms. The molecular weight excluding hydrogens is 452 g/mol. The number of aromatic nitrogens is 2. The van der Waals surface area contributed by atoms with E-state index >= 15 is 0 Å². The Morgan fingerprint density at radius 1 is 0.459 bits per heavy atom. The van der Waals surface area contributed by atoms with Crippen LogP contribution >= 0.6 is 0 Å². The van der Waals surface area contributed by atoms with Crippen LogP contribution in [-0.4, -0.2) is 9.97 Å². The Kier molecular flexibility index (Phi) is 4.23. The molecule has 0 aliphatic rings. The fourth-order valence-corrected chi connectivity index (χ4v) is 5.74. The summed E-state index contributed by atoms with van der Waals surface area (Å²) >= 11 is 0. The third kappa shape index (κ3) is 3.01. The number of hydrogen-bond donors (Lipinski definition) is 0. The summed E-state index contributed by atoms with van der Waals surface area (Å²) in [4.78, 5) is 8.91. The molecule has 8 aromatic rings. The molecule has 0 saturated carbocycles. The van der Waals surface area contributed by atoms with Crippen LogP contribution in [0.2, 0.25) is 0 Å². The number of rotatable bonds is 2. The van der Waals surface area contributed by atoms with Crippen molar-refractivity contribution in [3.8, 4) is 22.3 Å². The zero-order chi connectivity index (χ0) is 24.3. The molecule has 37 heavy (non-hydrogen) atoms. The average Bonchev–Trinajstić information content (AvgIpc) is 3.33. The summed E-state index contributed by atoms with van der Waals surface area (Å²) in [5, 5.41) is 8.40. The Labute approximate surface area is 212 Å². The first kappa shape index (κ1) is 20.2. The number of benzene rings is 6. The van der Waals surface area contributed by atoms with Crippen LogP contribution < -0.4 is 0 Å². The van der Waals surface area contributed by atoms with Crippen LogP contribution in [-0.2, 0) is 0 Å². The molecule has 0 fully saturated rings. The molecule has 2 heterocycles. The lowest BCUT2D eigenvalue weighted by atomic mass is 9.85. The van der Waals surface area contributed by atoms with E-state index in [-0.39, 0.29) is 0 Å². The van der Waals surface area contributed by atoms with Crippen molar-refractivity contribution < 1.29 is 4.42 Å². The molecule has 0 atom stereocenters. The van der Waals surface area contributed by atoms with E-state index in [9.17, 15) is 0 Å². The van der Waals surface area contributed by atoms with Gasteiger partial charge in [-0.05, 0) is 72.8 Å². The molecule has 0 amide bonds. The molecule has 0 unspecified atom stereocenters. The summed E-state index contributed by atoms with van der Waals surface area (Å²) in [6, 6.07) is 39.2. The van der Waals surface area contributed by atoms with Crippen molar-refractivity contribution in [1.82, 2.24) is 9.97 Å². The molecule has 0 radical (unpaired) electrons. The van der Waals surface area contributed by atoms with E-state index in [1.807, 2.05) is 6.07 Å². The van der Waals surface area contributed by atoms with Crippen LogP contribution in [0.5, 0.6) is 0 Å². The topological polar surface area (TPSA) is 38.9 Å². The van der Waals surface area contributed by atoms with Crippen molar-refractivity contribution in [1.29, 1.82) is 0 Å². The van der Waals surface area contributed by atoms with Gasteiger partial charge < -0.3 is 4.42 Å². The van der Waals surface area contributed by atoms with E-state index in [1.54, 1.807) is 12.4 Å². The van der Waals surface area contributed by atoms with Gasteiger partial charge in [-0.2, -0.15) is 0 Å². The summed E-state index contributed by atoms with van der Waals surface area (Å²) in [6.45, 7) is 0. The van der Waals surface area contributed by atoms with Crippen LogP contribution in [0.3, 0.4) is 0 Å². The second-order valence-corrected chi connectivity index (χ2v) is 9.43. The van der Waals surface area contributed by atoms with E-state index < -0.39 is 0 Å². The summed E-state index contributed by atoms with van der Waals surface area (Å²) < 4.78 is 5.96. The zero-order valence-corrected chi connectivity index (χ0v) is 19.8. The molecule has 3 nitrogen and oxygen atoms in total. The molecule has 172 valence electrons. The lowest BCUT2D eigenvalue weighted by Gasteiger charge is -2.18. The lowest BCUT2D eigenvalue weighted by Crippen LogP contribution is -1.91. The van der Waals surface area contributed by atoms with Crippen molar-refractivity contribution in [3.63, 3.8) is 0 Å². The normalized spacial score (nSPS) is 11.8. The van der Waals surface area contributed by atoms with Crippen LogP contribution in [0.25, 0.3) is 76.8 Å². The smallest absolute Gasteiger partial charge is 0.246 e. The summed E-state index contributed by atoms with van der Waals surface area (Å²) in [7, 11) is 0.